The average molecular weight is 270 g/mol. The first-order chi connectivity index (χ1) is 8.55. The molecule has 1 unspecified atom stereocenters. The van der Waals surface area contributed by atoms with E-state index in [1.165, 1.54) is 16.6 Å². The van der Waals surface area contributed by atoms with Crippen LogP contribution in [0.3, 0.4) is 0 Å². The predicted molar refractivity (Wildman–Crippen MR) is 63.0 cm³/mol. The number of aromatic nitrogens is 2. The number of nitrogens with one attached hydrogen (secondary N) is 1. The Labute approximate surface area is 105 Å². The topological polar surface area (TPSA) is 95.5 Å². The van der Waals surface area contributed by atoms with Crippen LogP contribution in [0.5, 0.6) is 0 Å². The second-order valence-corrected chi connectivity index (χ2v) is 6.00. The molecule has 0 aliphatic carbocycles. The lowest BCUT2D eigenvalue weighted by Crippen LogP contribution is -2.42. The molecule has 1 atom stereocenters. The van der Waals surface area contributed by atoms with E-state index in [1.807, 2.05) is 0 Å². The van der Waals surface area contributed by atoms with Crippen LogP contribution in [0.4, 0.5) is 0 Å². The monoisotopic (exact) mass is 270 g/mol. The first kappa shape index (κ1) is 12.9. The van der Waals surface area contributed by atoms with Gasteiger partial charge in [-0.25, -0.2) is 18.2 Å². The van der Waals surface area contributed by atoms with E-state index < -0.39 is 16.2 Å². The van der Waals surface area contributed by atoms with Gasteiger partial charge < -0.3 is 4.98 Å². The molecule has 0 bridgehead atoms. The van der Waals surface area contributed by atoms with E-state index >= 15 is 0 Å². The third-order valence-electron chi connectivity index (χ3n) is 2.89. The van der Waals surface area contributed by atoms with Gasteiger partial charge in [0.05, 0.1) is 6.20 Å². The highest BCUT2D eigenvalue weighted by atomic mass is 32.2. The summed E-state index contributed by atoms with van der Waals surface area (Å²) >= 11 is 0. The molecule has 0 radical (unpaired) electrons. The summed E-state index contributed by atoms with van der Waals surface area (Å²) in [6.45, 7) is 2.03. The Balaban J connectivity index is 2.35. The summed E-state index contributed by atoms with van der Waals surface area (Å²) in [5.74, 6) is 0.529. The molecular weight excluding hydrogens is 256 g/mol. The molecule has 1 N–H and O–H groups in total. The number of carbonyl (C=O) groups excluding carboxylic acids is 1. The third-order valence-corrected chi connectivity index (χ3v) is 4.70. The van der Waals surface area contributed by atoms with E-state index in [9.17, 15) is 13.2 Å². The van der Waals surface area contributed by atoms with Crippen molar-refractivity contribution in [2.75, 3.05) is 6.54 Å². The molecule has 0 spiro atoms. The summed E-state index contributed by atoms with van der Waals surface area (Å²) in [6, 6.07) is 0. The number of aromatic amines is 1. The molecule has 0 aromatic carbocycles. The van der Waals surface area contributed by atoms with Crippen LogP contribution < -0.4 is 0 Å². The fourth-order valence-electron chi connectivity index (χ4n) is 2.01. The number of piperidine rings is 1. The maximum atomic E-state index is 12.4. The van der Waals surface area contributed by atoms with Crippen molar-refractivity contribution in [1.29, 1.82) is 0 Å². The summed E-state index contributed by atoms with van der Waals surface area (Å²) < 4.78 is 25.9. The smallest absolute Gasteiger partial charge is 0.261 e. The van der Waals surface area contributed by atoms with Gasteiger partial charge in [0.15, 0.2) is 5.03 Å². The van der Waals surface area contributed by atoms with Crippen molar-refractivity contribution in [3.8, 4) is 0 Å². The molecular formula is C10H14N4O3S. The van der Waals surface area contributed by atoms with Crippen LogP contribution in [-0.4, -0.2) is 41.5 Å². The number of imidazole rings is 1. The molecule has 1 fully saturated rings. The van der Waals surface area contributed by atoms with E-state index in [2.05, 4.69) is 15.0 Å². The highest BCUT2D eigenvalue weighted by Gasteiger charge is 2.34. The molecule has 1 aromatic heterocycles. The van der Waals surface area contributed by atoms with Gasteiger partial charge in [0, 0.05) is 6.54 Å². The Hall–Kier alpha value is -1.50. The first-order valence-electron chi connectivity index (χ1n) is 5.66. The first-order valence-corrected chi connectivity index (χ1v) is 7.10. The third kappa shape index (κ3) is 2.35. The van der Waals surface area contributed by atoms with Crippen molar-refractivity contribution in [3.63, 3.8) is 0 Å². The Morgan fingerprint density at radius 1 is 1.56 bits per heavy atom. The van der Waals surface area contributed by atoms with Crippen LogP contribution in [0, 0.1) is 6.92 Å². The predicted octanol–water partition coefficient (Wildman–Crippen LogP) is 0.555. The number of rotatable bonds is 3. The number of aryl methyl sites for hydroxylation is 1. The number of nitrogens with zero attached hydrogens (tertiary/aromatic N) is 3. The lowest BCUT2D eigenvalue weighted by atomic mass is 10.1. The van der Waals surface area contributed by atoms with Crippen LogP contribution in [0.1, 0.15) is 25.1 Å². The molecule has 2 heterocycles. The van der Waals surface area contributed by atoms with Gasteiger partial charge in [0.25, 0.3) is 10.0 Å². The van der Waals surface area contributed by atoms with Crippen LogP contribution in [0.25, 0.3) is 0 Å². The van der Waals surface area contributed by atoms with Gasteiger partial charge in [-0.2, -0.15) is 9.30 Å². The van der Waals surface area contributed by atoms with Crippen LogP contribution in [0.2, 0.25) is 0 Å². The normalized spacial score (nSPS) is 21.5. The minimum atomic E-state index is -3.67. The van der Waals surface area contributed by atoms with Gasteiger partial charge in [-0.1, -0.05) is 0 Å². The molecule has 1 saturated heterocycles. The van der Waals surface area contributed by atoms with Crippen molar-refractivity contribution in [2.24, 2.45) is 4.99 Å². The molecule has 1 aliphatic heterocycles. The molecule has 7 nitrogen and oxygen atoms in total. The minimum absolute atomic E-state index is 0.0352. The minimum Gasteiger partial charge on any atom is -0.332 e. The zero-order valence-corrected chi connectivity index (χ0v) is 10.8. The van der Waals surface area contributed by atoms with E-state index in [1.54, 1.807) is 6.92 Å². The maximum absolute atomic E-state index is 12.4. The van der Waals surface area contributed by atoms with Gasteiger partial charge in [-0.05, 0) is 26.2 Å². The molecule has 8 heteroatoms. The molecule has 1 aliphatic rings. The van der Waals surface area contributed by atoms with E-state index in [4.69, 9.17) is 0 Å². The Morgan fingerprint density at radius 3 is 2.94 bits per heavy atom. The van der Waals surface area contributed by atoms with Crippen molar-refractivity contribution in [2.45, 2.75) is 37.4 Å². The number of aliphatic imine (C=N–C) groups is 1. The molecule has 2 rings (SSSR count). The van der Waals surface area contributed by atoms with E-state index in [0.29, 0.717) is 18.8 Å². The van der Waals surface area contributed by atoms with Crippen molar-refractivity contribution in [3.05, 3.63) is 12.0 Å². The lowest BCUT2D eigenvalue weighted by Gasteiger charge is -2.30. The maximum Gasteiger partial charge on any atom is 0.261 e. The van der Waals surface area contributed by atoms with Crippen molar-refractivity contribution < 1.29 is 13.2 Å². The number of sulfonamides is 1. The van der Waals surface area contributed by atoms with Crippen LogP contribution in [-0.2, 0) is 14.8 Å². The molecule has 18 heavy (non-hydrogen) atoms. The fraction of sp³-hybridized carbons (Fsp3) is 0.600. The zero-order valence-electron chi connectivity index (χ0n) is 9.96. The van der Waals surface area contributed by atoms with Gasteiger partial charge >= 0.3 is 0 Å². The van der Waals surface area contributed by atoms with Crippen molar-refractivity contribution >= 4 is 16.1 Å². The zero-order chi connectivity index (χ0) is 13.2. The number of isocyanates is 1. The quantitative estimate of drug-likeness (QED) is 0.641. The molecule has 0 amide bonds. The highest BCUT2D eigenvalue weighted by Crippen LogP contribution is 2.24. The van der Waals surface area contributed by atoms with Crippen molar-refractivity contribution in [1.82, 2.24) is 14.3 Å². The number of H-pyrrole nitrogens is 1. The fourth-order valence-corrected chi connectivity index (χ4v) is 3.57. The molecule has 1 aromatic rings. The summed E-state index contributed by atoms with van der Waals surface area (Å²) in [7, 11) is -3.67. The standard InChI is InChI=1S/C10H14N4O3S/c1-8-11-6-10(13-8)18(16,17)14-5-3-2-4-9(14)12-7-15/h6,9H,2-5H2,1H3,(H,11,13). The lowest BCUT2D eigenvalue weighted by molar-refractivity contribution is 0.259. The molecule has 0 saturated carbocycles. The summed E-state index contributed by atoms with van der Waals surface area (Å²) in [4.78, 5) is 20.5. The number of hydrogen-bond acceptors (Lipinski definition) is 5. The number of hydrogen-bond donors (Lipinski definition) is 1. The Morgan fingerprint density at radius 2 is 2.33 bits per heavy atom. The van der Waals surface area contributed by atoms with E-state index in [0.717, 1.165) is 12.8 Å². The van der Waals surface area contributed by atoms with Gasteiger partial charge in [-0.3, -0.25) is 0 Å². The van der Waals surface area contributed by atoms with Crippen LogP contribution in [0.15, 0.2) is 16.2 Å². The second kappa shape index (κ2) is 5.01. The Kier molecular flexibility index (Phi) is 3.60. The van der Waals surface area contributed by atoms with Gasteiger partial charge in [0.1, 0.15) is 12.0 Å². The average Bonchev–Trinajstić information content (AvgIpc) is 2.78. The Bertz CT molecular complexity index is 574. The summed E-state index contributed by atoms with van der Waals surface area (Å²) in [6.07, 6.45) is 4.23. The highest BCUT2D eigenvalue weighted by molar-refractivity contribution is 7.89. The van der Waals surface area contributed by atoms with Gasteiger partial charge in [-0.15, -0.1) is 0 Å². The van der Waals surface area contributed by atoms with E-state index in [-0.39, 0.29) is 5.03 Å². The van der Waals surface area contributed by atoms with Crippen LogP contribution >= 0.6 is 0 Å². The second-order valence-electron chi connectivity index (χ2n) is 4.15. The molecule has 98 valence electrons. The SMILES string of the molecule is Cc1ncc(S(=O)(=O)N2CCCCC2N=C=O)[nH]1. The van der Waals surface area contributed by atoms with Gasteiger partial charge in [0.2, 0.25) is 6.08 Å². The largest absolute Gasteiger partial charge is 0.332 e. The summed E-state index contributed by atoms with van der Waals surface area (Å²) in [5, 5.41) is 0.0352. The summed E-state index contributed by atoms with van der Waals surface area (Å²) in [5.41, 5.74) is 0.